The van der Waals surface area contributed by atoms with Gasteiger partial charge in [-0.1, -0.05) is 0 Å². The van der Waals surface area contributed by atoms with Gasteiger partial charge in [0.25, 0.3) is 5.91 Å². The van der Waals surface area contributed by atoms with E-state index in [1.165, 1.54) is 12.1 Å². The molecule has 0 bridgehead atoms. The summed E-state index contributed by atoms with van der Waals surface area (Å²) in [5, 5.41) is 13.4. The second kappa shape index (κ2) is 7.65. The van der Waals surface area contributed by atoms with Crippen molar-refractivity contribution < 1.29 is 28.6 Å². The van der Waals surface area contributed by atoms with Crippen molar-refractivity contribution >= 4 is 33.7 Å². The number of esters is 1. The van der Waals surface area contributed by atoms with E-state index >= 15 is 0 Å². The SMILES string of the molecule is COC(=O)C(CO)NC(=O)CNC(=O)c1ccc(Br)o1. The fourth-order valence-electron chi connectivity index (χ4n) is 1.25. The van der Waals surface area contributed by atoms with Gasteiger partial charge in [0.2, 0.25) is 5.91 Å². The molecule has 0 aliphatic rings. The van der Waals surface area contributed by atoms with Crippen LogP contribution in [0.1, 0.15) is 10.6 Å². The predicted octanol–water partition coefficient (Wildman–Crippen LogP) is -0.578. The molecule has 1 aromatic heterocycles. The van der Waals surface area contributed by atoms with Crippen molar-refractivity contribution in [2.24, 2.45) is 0 Å². The second-order valence-electron chi connectivity index (χ2n) is 3.61. The fraction of sp³-hybridized carbons (Fsp3) is 0.364. The maximum Gasteiger partial charge on any atom is 0.330 e. The number of aliphatic hydroxyl groups excluding tert-OH is 1. The molecular weight excluding hydrogens is 336 g/mol. The van der Waals surface area contributed by atoms with Crippen molar-refractivity contribution in [2.75, 3.05) is 20.3 Å². The number of nitrogens with one attached hydrogen (secondary N) is 2. The Morgan fingerprint density at radius 2 is 2.15 bits per heavy atom. The van der Waals surface area contributed by atoms with E-state index in [9.17, 15) is 14.4 Å². The Morgan fingerprint density at radius 3 is 2.65 bits per heavy atom. The normalized spacial score (nSPS) is 11.6. The number of hydrogen-bond donors (Lipinski definition) is 3. The second-order valence-corrected chi connectivity index (χ2v) is 4.39. The zero-order valence-electron chi connectivity index (χ0n) is 10.5. The summed E-state index contributed by atoms with van der Waals surface area (Å²) in [6.45, 7) is -0.970. The Balaban J connectivity index is 2.43. The van der Waals surface area contributed by atoms with Gasteiger partial charge in [0.05, 0.1) is 20.3 Å². The summed E-state index contributed by atoms with van der Waals surface area (Å²) >= 11 is 3.04. The van der Waals surface area contributed by atoms with E-state index < -0.39 is 30.4 Å². The third kappa shape index (κ3) is 4.67. The van der Waals surface area contributed by atoms with Crippen LogP contribution in [-0.2, 0) is 14.3 Å². The Bertz CT molecular complexity index is 501. The highest BCUT2D eigenvalue weighted by atomic mass is 79.9. The molecule has 0 aliphatic carbocycles. The van der Waals surface area contributed by atoms with E-state index in [-0.39, 0.29) is 12.3 Å². The average molecular weight is 349 g/mol. The molecular formula is C11H13BrN2O6. The van der Waals surface area contributed by atoms with Crippen molar-refractivity contribution in [2.45, 2.75) is 6.04 Å². The van der Waals surface area contributed by atoms with Crippen LogP contribution >= 0.6 is 15.9 Å². The molecule has 0 fully saturated rings. The Hall–Kier alpha value is -1.87. The topological polar surface area (TPSA) is 118 Å². The largest absolute Gasteiger partial charge is 0.467 e. The number of hydrogen-bond acceptors (Lipinski definition) is 6. The van der Waals surface area contributed by atoms with Crippen LogP contribution in [0.15, 0.2) is 21.2 Å². The average Bonchev–Trinajstić information content (AvgIpc) is 2.87. The standard InChI is InChI=1S/C11H13BrN2O6/c1-19-11(18)6(5-15)14-9(16)4-13-10(17)7-2-3-8(12)20-7/h2-3,6,15H,4-5H2,1H3,(H,13,17)(H,14,16). The van der Waals surface area contributed by atoms with Gasteiger partial charge in [0.1, 0.15) is 0 Å². The monoisotopic (exact) mass is 348 g/mol. The Kier molecular flexibility index (Phi) is 6.19. The van der Waals surface area contributed by atoms with Crippen LogP contribution in [0.4, 0.5) is 0 Å². The first-order valence-corrected chi connectivity index (χ1v) is 6.28. The molecule has 3 N–H and O–H groups in total. The summed E-state index contributed by atoms with van der Waals surface area (Å²) in [5.41, 5.74) is 0. The van der Waals surface area contributed by atoms with Gasteiger partial charge in [-0.3, -0.25) is 9.59 Å². The molecule has 0 radical (unpaired) electrons. The summed E-state index contributed by atoms with van der Waals surface area (Å²) in [6.07, 6.45) is 0. The third-order valence-corrected chi connectivity index (χ3v) is 2.64. The molecule has 110 valence electrons. The Labute approximate surface area is 122 Å². The van der Waals surface area contributed by atoms with E-state index in [0.717, 1.165) is 7.11 Å². The zero-order chi connectivity index (χ0) is 15.1. The lowest BCUT2D eigenvalue weighted by atomic mass is 10.3. The lowest BCUT2D eigenvalue weighted by molar-refractivity contribution is -0.146. The molecule has 1 heterocycles. The van der Waals surface area contributed by atoms with Crippen LogP contribution in [0.5, 0.6) is 0 Å². The van der Waals surface area contributed by atoms with E-state index in [1.807, 2.05) is 0 Å². The number of carbonyl (C=O) groups is 3. The minimum atomic E-state index is -1.16. The van der Waals surface area contributed by atoms with E-state index in [0.29, 0.717) is 4.67 Å². The van der Waals surface area contributed by atoms with Gasteiger partial charge in [-0.25, -0.2) is 4.79 Å². The molecule has 0 spiro atoms. The minimum Gasteiger partial charge on any atom is -0.467 e. The molecule has 0 saturated carbocycles. The van der Waals surface area contributed by atoms with E-state index in [1.54, 1.807) is 0 Å². The first-order valence-electron chi connectivity index (χ1n) is 5.49. The van der Waals surface area contributed by atoms with Crippen molar-refractivity contribution in [3.8, 4) is 0 Å². The molecule has 9 heteroatoms. The fourth-order valence-corrected chi connectivity index (χ4v) is 1.56. The smallest absolute Gasteiger partial charge is 0.330 e. The molecule has 1 aromatic rings. The Morgan fingerprint density at radius 1 is 1.45 bits per heavy atom. The van der Waals surface area contributed by atoms with Gasteiger partial charge in [0.15, 0.2) is 16.5 Å². The van der Waals surface area contributed by atoms with Crippen LogP contribution in [-0.4, -0.2) is 49.2 Å². The number of methoxy groups -OCH3 is 1. The number of halogens is 1. The lowest BCUT2D eigenvalue weighted by Crippen LogP contribution is -2.47. The van der Waals surface area contributed by atoms with Crippen LogP contribution < -0.4 is 10.6 Å². The van der Waals surface area contributed by atoms with Crippen molar-refractivity contribution in [3.63, 3.8) is 0 Å². The molecule has 0 aliphatic heterocycles. The molecule has 8 nitrogen and oxygen atoms in total. The summed E-state index contributed by atoms with van der Waals surface area (Å²) in [5.74, 6) is -1.96. The van der Waals surface area contributed by atoms with Gasteiger partial charge in [-0.05, 0) is 28.1 Å². The van der Waals surface area contributed by atoms with E-state index in [2.05, 4.69) is 31.3 Å². The number of amides is 2. The third-order valence-electron chi connectivity index (χ3n) is 2.21. The van der Waals surface area contributed by atoms with Crippen LogP contribution in [0, 0.1) is 0 Å². The van der Waals surface area contributed by atoms with Gasteiger partial charge in [-0.2, -0.15) is 0 Å². The predicted molar refractivity (Wildman–Crippen MR) is 69.8 cm³/mol. The maximum atomic E-state index is 11.6. The van der Waals surface area contributed by atoms with Crippen molar-refractivity contribution in [1.82, 2.24) is 10.6 Å². The molecule has 1 rings (SSSR count). The molecule has 20 heavy (non-hydrogen) atoms. The summed E-state index contributed by atoms with van der Waals surface area (Å²) in [7, 11) is 1.13. The van der Waals surface area contributed by atoms with Gasteiger partial charge in [-0.15, -0.1) is 0 Å². The number of aliphatic hydroxyl groups is 1. The van der Waals surface area contributed by atoms with Crippen LogP contribution in [0.3, 0.4) is 0 Å². The number of ether oxygens (including phenoxy) is 1. The summed E-state index contributed by atoms with van der Waals surface area (Å²) in [6, 6.07) is 1.80. The minimum absolute atomic E-state index is 0.0383. The summed E-state index contributed by atoms with van der Waals surface area (Å²) < 4.78 is 9.76. The molecule has 1 atom stereocenters. The highest BCUT2D eigenvalue weighted by Crippen LogP contribution is 2.13. The number of carbonyl (C=O) groups excluding carboxylic acids is 3. The van der Waals surface area contributed by atoms with Gasteiger partial charge in [0, 0.05) is 0 Å². The lowest BCUT2D eigenvalue weighted by Gasteiger charge is -2.13. The van der Waals surface area contributed by atoms with Gasteiger partial charge < -0.3 is 24.9 Å². The molecule has 2 amide bonds. The highest BCUT2D eigenvalue weighted by Gasteiger charge is 2.20. The van der Waals surface area contributed by atoms with Crippen molar-refractivity contribution in [1.29, 1.82) is 0 Å². The first-order chi connectivity index (χ1) is 9.47. The van der Waals surface area contributed by atoms with E-state index in [4.69, 9.17) is 9.52 Å². The molecule has 0 saturated heterocycles. The highest BCUT2D eigenvalue weighted by molar-refractivity contribution is 9.10. The summed E-state index contributed by atoms with van der Waals surface area (Å²) in [4.78, 5) is 34.2. The molecule has 0 aromatic carbocycles. The first kappa shape index (κ1) is 16.2. The number of rotatable bonds is 6. The maximum absolute atomic E-state index is 11.6. The van der Waals surface area contributed by atoms with Gasteiger partial charge >= 0.3 is 5.97 Å². The van der Waals surface area contributed by atoms with Crippen LogP contribution in [0.25, 0.3) is 0 Å². The van der Waals surface area contributed by atoms with Crippen LogP contribution in [0.2, 0.25) is 0 Å². The van der Waals surface area contributed by atoms with Crippen molar-refractivity contribution in [3.05, 3.63) is 22.6 Å². The molecule has 1 unspecified atom stereocenters. The quantitative estimate of drug-likeness (QED) is 0.592. The zero-order valence-corrected chi connectivity index (χ0v) is 12.1. The number of furan rings is 1.